The number of carboxylic acids is 1. The number of hydrogen-bond acceptors (Lipinski definition) is 14. The van der Waals surface area contributed by atoms with Crippen LogP contribution in [-0.4, -0.2) is 96.7 Å². The van der Waals surface area contributed by atoms with Gasteiger partial charge in [-0.3, -0.25) is 18.9 Å². The summed E-state index contributed by atoms with van der Waals surface area (Å²) >= 11 is 6.75. The topological polar surface area (TPSA) is 305 Å². The minimum atomic E-state index is -5.16. The van der Waals surface area contributed by atoms with Crippen LogP contribution in [0.2, 0.25) is 4.34 Å². The molecule has 1 saturated heterocycles. The first kappa shape index (κ1) is 31.9. The Morgan fingerprint density at radius 3 is 2.55 bits per heavy atom. The number of aliphatic carboxylic acids is 1. The van der Waals surface area contributed by atoms with E-state index in [0.29, 0.717) is 10.9 Å². The first-order chi connectivity index (χ1) is 19.5. The molecule has 0 bridgehead atoms. The van der Waals surface area contributed by atoms with Crippen LogP contribution in [0.4, 0.5) is 9.93 Å². The van der Waals surface area contributed by atoms with Gasteiger partial charge in [-0.05, 0) is 6.92 Å². The summed E-state index contributed by atoms with van der Waals surface area (Å²) in [6, 6.07) is -3.44. The maximum atomic E-state index is 13.1. The lowest BCUT2D eigenvalue weighted by atomic mass is 9.98. The van der Waals surface area contributed by atoms with E-state index in [2.05, 4.69) is 26.1 Å². The maximum absolute atomic E-state index is 13.1. The van der Waals surface area contributed by atoms with Crippen molar-refractivity contribution in [2.45, 2.75) is 31.7 Å². The molecule has 0 unspecified atom stereocenters. The first-order valence-corrected chi connectivity index (χ1v) is 13.8. The molecule has 23 heteroatoms. The number of hydrogen-bond donors (Lipinski definition) is 8. The van der Waals surface area contributed by atoms with E-state index in [1.165, 1.54) is 0 Å². The third-order valence-corrected chi connectivity index (χ3v) is 7.42. The number of carbonyl (C=O) groups is 4. The molecule has 3 rings (SSSR count). The number of β-lactam (4-membered cyclic amide) rings is 1. The molecule has 2 aromatic heterocycles. The Labute approximate surface area is 243 Å². The molecule has 2 aromatic rings. The smallest absolute Gasteiger partial charge is 0.362 e. The number of halogens is 1. The van der Waals surface area contributed by atoms with Crippen molar-refractivity contribution >= 4 is 67.9 Å². The molecule has 4 amide bonds. The second kappa shape index (κ2) is 12.5. The number of carbonyl (C=O) groups excluding carboxylic acids is 3. The molecule has 1 fully saturated rings. The standard InChI is InChI=1S/C19H21ClN8O12S2/c1-6(17(33)34)40-26-13(12-14(20)41-18(21)25-12)15(31)24-11-8(28(16(11)32)42(37,38)39)4-23-19(35)22-3-7-2-9(29)10(30)5-27(7)36/h2,5-6,8,11,30,36H,3-4H2,1H3,(H2,21,25)(H,24,31)(H,33,34)(H2,22,23,35)(H,37,38,39)/t6-,8-,11-/m0/s1. The molecule has 0 saturated carbocycles. The molecule has 42 heavy (non-hydrogen) atoms. The van der Waals surface area contributed by atoms with Crippen molar-refractivity contribution in [1.29, 1.82) is 0 Å². The van der Waals surface area contributed by atoms with Crippen molar-refractivity contribution in [1.82, 2.24) is 30.0 Å². The number of urea groups is 1. The van der Waals surface area contributed by atoms with Crippen molar-refractivity contribution in [2.75, 3.05) is 12.3 Å². The Kier molecular flexibility index (Phi) is 9.45. The van der Waals surface area contributed by atoms with E-state index >= 15 is 0 Å². The molecule has 0 aliphatic carbocycles. The summed E-state index contributed by atoms with van der Waals surface area (Å²) in [6.07, 6.45) is -0.854. The van der Waals surface area contributed by atoms with Gasteiger partial charge in [0, 0.05) is 12.6 Å². The first-order valence-electron chi connectivity index (χ1n) is 11.2. The van der Waals surface area contributed by atoms with Crippen molar-refractivity contribution in [3.05, 3.63) is 38.2 Å². The second-order valence-electron chi connectivity index (χ2n) is 8.25. The second-order valence-corrected chi connectivity index (χ2v) is 11.2. The Morgan fingerprint density at radius 2 is 1.98 bits per heavy atom. The highest BCUT2D eigenvalue weighted by atomic mass is 35.5. The molecule has 1 aliphatic rings. The summed E-state index contributed by atoms with van der Waals surface area (Å²) in [7, 11) is -5.16. The number of amides is 4. The molecule has 0 aromatic carbocycles. The zero-order valence-electron chi connectivity index (χ0n) is 20.9. The van der Waals surface area contributed by atoms with E-state index < -0.39 is 82.3 Å². The predicted molar refractivity (Wildman–Crippen MR) is 140 cm³/mol. The number of nitrogens with zero attached hydrogens (tertiary/aromatic N) is 4. The Morgan fingerprint density at radius 1 is 1.31 bits per heavy atom. The van der Waals surface area contributed by atoms with Gasteiger partial charge >= 0.3 is 22.3 Å². The highest BCUT2D eigenvalue weighted by Crippen LogP contribution is 2.28. The summed E-state index contributed by atoms with van der Waals surface area (Å²) in [5.41, 5.74) is 3.51. The van der Waals surface area contributed by atoms with Gasteiger partial charge in [-0.1, -0.05) is 28.1 Å². The summed E-state index contributed by atoms with van der Waals surface area (Å²) in [4.78, 5) is 69.1. The van der Waals surface area contributed by atoms with Gasteiger partial charge in [0.05, 0.1) is 24.5 Å². The summed E-state index contributed by atoms with van der Waals surface area (Å²) in [6.45, 7) is -0.0329. The van der Waals surface area contributed by atoms with Crippen LogP contribution in [0, 0.1) is 0 Å². The number of anilines is 1. The van der Waals surface area contributed by atoms with Crippen LogP contribution < -0.4 is 27.1 Å². The van der Waals surface area contributed by atoms with E-state index in [1.807, 2.05) is 0 Å². The lowest BCUT2D eigenvalue weighted by Gasteiger charge is -2.44. The number of nitrogens with one attached hydrogen (secondary N) is 3. The molecule has 9 N–H and O–H groups in total. The van der Waals surface area contributed by atoms with Crippen LogP contribution in [0.15, 0.2) is 22.2 Å². The third kappa shape index (κ3) is 7.15. The Hall–Kier alpha value is -4.67. The lowest BCUT2D eigenvalue weighted by molar-refractivity contribution is -0.149. The normalized spacial score (nSPS) is 17.6. The number of oxime groups is 1. The van der Waals surface area contributed by atoms with Gasteiger partial charge in [0.2, 0.25) is 11.5 Å². The van der Waals surface area contributed by atoms with Gasteiger partial charge in [-0.25, -0.2) is 18.9 Å². The van der Waals surface area contributed by atoms with Gasteiger partial charge in [-0.2, -0.15) is 13.1 Å². The molecule has 0 radical (unpaired) electrons. The summed E-state index contributed by atoms with van der Waals surface area (Å²) < 4.78 is 33.2. The van der Waals surface area contributed by atoms with Gasteiger partial charge in [0.25, 0.3) is 11.8 Å². The van der Waals surface area contributed by atoms with Crippen molar-refractivity contribution in [3.63, 3.8) is 0 Å². The fraction of sp³-hybridized carbons (Fsp3) is 0.316. The monoisotopic (exact) mass is 652 g/mol. The zero-order chi connectivity index (χ0) is 31.5. The fourth-order valence-electron chi connectivity index (χ4n) is 3.32. The third-order valence-electron chi connectivity index (χ3n) is 5.39. The predicted octanol–water partition coefficient (Wildman–Crippen LogP) is -2.33. The zero-order valence-corrected chi connectivity index (χ0v) is 23.3. The van der Waals surface area contributed by atoms with E-state index in [-0.39, 0.29) is 25.2 Å². The molecule has 0 spiro atoms. The number of aromatic hydroxyl groups is 1. The molecular weight excluding hydrogens is 632 g/mol. The number of carboxylic acid groups (broad SMARTS) is 1. The number of nitrogen functional groups attached to an aromatic ring is 1. The molecular formula is C19H21ClN8O12S2. The average Bonchev–Trinajstić information content (AvgIpc) is 3.22. The van der Waals surface area contributed by atoms with Crippen molar-refractivity contribution < 1.29 is 52.4 Å². The van der Waals surface area contributed by atoms with Crippen LogP contribution in [0.3, 0.4) is 0 Å². The maximum Gasteiger partial charge on any atom is 0.362 e. The van der Waals surface area contributed by atoms with Gasteiger partial charge in [-0.15, -0.1) is 0 Å². The number of aromatic nitrogens is 2. The van der Waals surface area contributed by atoms with E-state index in [0.717, 1.165) is 24.3 Å². The van der Waals surface area contributed by atoms with Crippen LogP contribution in [-0.2, 0) is 36.1 Å². The number of nitrogens with two attached hydrogens (primary N) is 1. The summed E-state index contributed by atoms with van der Waals surface area (Å²) in [5.74, 6) is -4.75. The number of thiazole rings is 1. The minimum absolute atomic E-state index is 0.0167. The van der Waals surface area contributed by atoms with Crippen molar-refractivity contribution in [2.24, 2.45) is 5.16 Å². The summed E-state index contributed by atoms with van der Waals surface area (Å²) in [5, 5.41) is 37.9. The molecule has 3 atom stereocenters. The fourth-order valence-corrected chi connectivity index (χ4v) is 5.13. The van der Waals surface area contributed by atoms with Crippen LogP contribution in [0.25, 0.3) is 0 Å². The van der Waals surface area contributed by atoms with Gasteiger partial charge in [0.15, 0.2) is 16.6 Å². The van der Waals surface area contributed by atoms with Gasteiger partial charge in [0.1, 0.15) is 16.1 Å². The van der Waals surface area contributed by atoms with E-state index in [4.69, 9.17) is 27.3 Å². The van der Waals surface area contributed by atoms with E-state index in [9.17, 15) is 47.3 Å². The average molecular weight is 653 g/mol. The van der Waals surface area contributed by atoms with Crippen LogP contribution in [0.1, 0.15) is 18.3 Å². The quantitative estimate of drug-likeness (QED) is 0.0415. The van der Waals surface area contributed by atoms with Crippen molar-refractivity contribution in [3.8, 4) is 5.75 Å². The molecule has 228 valence electrons. The molecule has 3 heterocycles. The lowest BCUT2D eigenvalue weighted by Crippen LogP contribution is -2.74. The van der Waals surface area contributed by atoms with Crippen LogP contribution in [0.5, 0.6) is 5.75 Å². The Balaban J connectivity index is 1.76. The van der Waals surface area contributed by atoms with E-state index in [1.54, 1.807) is 0 Å². The highest BCUT2D eigenvalue weighted by molar-refractivity contribution is 7.84. The minimum Gasteiger partial charge on any atom is -0.503 e. The SMILES string of the molecule is C[C@H](ON=C(C(=O)N[C@@H]1C(=O)N(S(=O)(=O)O)[C@H]1CNC(=O)NCc1cc(=O)c(O)cn1O)c1nc(N)sc1Cl)C(=O)O. The molecule has 1 aliphatic heterocycles. The number of pyridine rings is 1. The van der Waals surface area contributed by atoms with Crippen LogP contribution >= 0.6 is 22.9 Å². The molecule has 20 nitrogen and oxygen atoms in total. The number of rotatable bonds is 11. The highest BCUT2D eigenvalue weighted by Gasteiger charge is 2.54. The largest absolute Gasteiger partial charge is 0.503 e. The van der Waals surface area contributed by atoms with Gasteiger partial charge < -0.3 is 41.9 Å². The Bertz CT molecular complexity index is 1620.